The van der Waals surface area contributed by atoms with Gasteiger partial charge in [-0.05, 0) is 19.1 Å². The number of para-hydroxylation sites is 2. The van der Waals surface area contributed by atoms with Crippen LogP contribution in [0.5, 0.6) is 0 Å². The number of carboxylic acid groups (broad SMARTS) is 1. The molecule has 0 radical (unpaired) electrons. The number of amides is 4. The molecule has 0 unspecified atom stereocenters. The van der Waals surface area contributed by atoms with Crippen LogP contribution in [0.2, 0.25) is 0 Å². The molecule has 0 bridgehead atoms. The minimum atomic E-state index is -1.42. The molecule has 1 aromatic carbocycles. The highest BCUT2D eigenvalue weighted by Crippen LogP contribution is 2.28. The molecule has 4 amide bonds. The van der Waals surface area contributed by atoms with Crippen LogP contribution in [0.4, 0.5) is 16.2 Å². The topological polar surface area (TPSA) is 131 Å². The number of nitrogens with one attached hydrogen (secondary N) is 3. The molecule has 122 valence electrons. The van der Waals surface area contributed by atoms with Crippen LogP contribution in [-0.2, 0) is 14.4 Å². The van der Waals surface area contributed by atoms with Crippen molar-refractivity contribution in [3.05, 3.63) is 24.3 Å². The van der Waals surface area contributed by atoms with E-state index in [2.05, 4.69) is 16.0 Å². The predicted molar refractivity (Wildman–Crippen MR) is 78.4 cm³/mol. The molecule has 1 heterocycles. The SMILES string of the molecule is C[C@@H](NC(=O)CNC(=O)N1CC(=O)Nc2ccccc21)C(=O)[O-]. The summed E-state index contributed by atoms with van der Waals surface area (Å²) in [4.78, 5) is 47.0. The molecule has 0 spiro atoms. The molecule has 23 heavy (non-hydrogen) atoms. The van der Waals surface area contributed by atoms with Gasteiger partial charge in [0.2, 0.25) is 11.8 Å². The van der Waals surface area contributed by atoms with Gasteiger partial charge >= 0.3 is 6.03 Å². The summed E-state index contributed by atoms with van der Waals surface area (Å²) in [7, 11) is 0. The van der Waals surface area contributed by atoms with E-state index in [1.54, 1.807) is 24.3 Å². The first-order valence-electron chi connectivity index (χ1n) is 6.83. The standard InChI is InChI=1S/C14H16N4O5/c1-8(13(21)22)16-11(19)6-15-14(23)18-7-12(20)17-9-4-2-3-5-10(9)18/h2-5,8H,6-7H2,1H3,(H,15,23)(H,16,19)(H,17,20)(H,21,22)/p-1/t8-/m1/s1. The van der Waals surface area contributed by atoms with Crippen LogP contribution in [0.3, 0.4) is 0 Å². The van der Waals surface area contributed by atoms with Crippen molar-refractivity contribution in [2.24, 2.45) is 0 Å². The Hall–Kier alpha value is -3.10. The lowest BCUT2D eigenvalue weighted by Gasteiger charge is -2.29. The van der Waals surface area contributed by atoms with Gasteiger partial charge in [0.1, 0.15) is 6.54 Å². The monoisotopic (exact) mass is 319 g/mol. The molecule has 1 aliphatic heterocycles. The predicted octanol–water partition coefficient (Wildman–Crippen LogP) is -1.59. The smallest absolute Gasteiger partial charge is 0.322 e. The maximum absolute atomic E-state index is 12.2. The summed E-state index contributed by atoms with van der Waals surface area (Å²) in [6.07, 6.45) is 0. The number of benzene rings is 1. The fourth-order valence-corrected chi connectivity index (χ4v) is 2.02. The third-order valence-corrected chi connectivity index (χ3v) is 3.15. The molecule has 1 atom stereocenters. The Labute approximate surface area is 131 Å². The van der Waals surface area contributed by atoms with Crippen molar-refractivity contribution in [3.63, 3.8) is 0 Å². The number of hydrogen-bond acceptors (Lipinski definition) is 5. The van der Waals surface area contributed by atoms with Crippen molar-refractivity contribution in [2.75, 3.05) is 23.3 Å². The van der Waals surface area contributed by atoms with Gasteiger partial charge < -0.3 is 25.9 Å². The third kappa shape index (κ3) is 3.96. The molecule has 0 saturated heterocycles. The Kier molecular flexibility index (Phi) is 4.79. The number of anilines is 2. The first kappa shape index (κ1) is 16.3. The Morgan fingerprint density at radius 1 is 1.35 bits per heavy atom. The van der Waals surface area contributed by atoms with Crippen LogP contribution < -0.4 is 26.0 Å². The van der Waals surface area contributed by atoms with E-state index >= 15 is 0 Å². The molecular formula is C14H15N4O5-. The summed E-state index contributed by atoms with van der Waals surface area (Å²) in [5.41, 5.74) is 1.00. The van der Waals surface area contributed by atoms with Crippen molar-refractivity contribution in [2.45, 2.75) is 13.0 Å². The summed E-state index contributed by atoms with van der Waals surface area (Å²) in [5, 5.41) is 17.7. The fraction of sp³-hybridized carbons (Fsp3) is 0.286. The van der Waals surface area contributed by atoms with E-state index in [1.807, 2.05) is 0 Å². The van der Waals surface area contributed by atoms with Gasteiger partial charge in [-0.15, -0.1) is 0 Å². The molecule has 9 nitrogen and oxygen atoms in total. The van der Waals surface area contributed by atoms with E-state index in [1.165, 1.54) is 11.8 Å². The van der Waals surface area contributed by atoms with Crippen LogP contribution in [-0.4, -0.2) is 42.9 Å². The lowest BCUT2D eigenvalue weighted by molar-refractivity contribution is -0.307. The van der Waals surface area contributed by atoms with E-state index in [-0.39, 0.29) is 12.5 Å². The first-order valence-corrected chi connectivity index (χ1v) is 6.83. The second-order valence-electron chi connectivity index (χ2n) is 4.92. The molecular weight excluding hydrogens is 304 g/mol. The Morgan fingerprint density at radius 2 is 2.04 bits per heavy atom. The van der Waals surface area contributed by atoms with E-state index < -0.39 is 30.5 Å². The van der Waals surface area contributed by atoms with Gasteiger partial charge in [-0.25, -0.2) is 4.79 Å². The van der Waals surface area contributed by atoms with Crippen LogP contribution >= 0.6 is 0 Å². The molecule has 1 aliphatic rings. The quantitative estimate of drug-likeness (QED) is 0.616. The third-order valence-electron chi connectivity index (χ3n) is 3.15. The fourth-order valence-electron chi connectivity index (χ4n) is 2.02. The first-order chi connectivity index (χ1) is 10.9. The average Bonchev–Trinajstić information content (AvgIpc) is 2.51. The maximum Gasteiger partial charge on any atom is 0.322 e. The summed E-state index contributed by atoms with van der Waals surface area (Å²) in [6.45, 7) is 0.650. The lowest BCUT2D eigenvalue weighted by Crippen LogP contribution is -2.52. The minimum Gasteiger partial charge on any atom is -0.548 e. The molecule has 0 aliphatic carbocycles. The zero-order valence-electron chi connectivity index (χ0n) is 12.3. The van der Waals surface area contributed by atoms with Crippen molar-refractivity contribution in [3.8, 4) is 0 Å². The van der Waals surface area contributed by atoms with Crippen molar-refractivity contribution in [1.82, 2.24) is 10.6 Å². The second kappa shape index (κ2) is 6.77. The van der Waals surface area contributed by atoms with Gasteiger partial charge in [0.05, 0.1) is 29.9 Å². The van der Waals surface area contributed by atoms with Gasteiger partial charge in [0.15, 0.2) is 0 Å². The van der Waals surface area contributed by atoms with E-state index in [0.717, 1.165) is 0 Å². The number of hydrogen-bond donors (Lipinski definition) is 3. The Bertz CT molecular complexity index is 660. The summed E-state index contributed by atoms with van der Waals surface area (Å²) >= 11 is 0. The number of carbonyl (C=O) groups excluding carboxylic acids is 4. The number of rotatable bonds is 4. The molecule has 0 aromatic heterocycles. The number of fused-ring (bicyclic) bond motifs is 1. The van der Waals surface area contributed by atoms with Crippen molar-refractivity contribution in [1.29, 1.82) is 0 Å². The van der Waals surface area contributed by atoms with Crippen molar-refractivity contribution >= 4 is 35.2 Å². The van der Waals surface area contributed by atoms with Crippen LogP contribution in [0, 0.1) is 0 Å². The van der Waals surface area contributed by atoms with E-state index in [9.17, 15) is 24.3 Å². The number of nitrogens with zero attached hydrogens (tertiary/aromatic N) is 1. The Morgan fingerprint density at radius 3 is 2.74 bits per heavy atom. The summed E-state index contributed by atoms with van der Waals surface area (Å²) in [6, 6.07) is 4.94. The van der Waals surface area contributed by atoms with Gasteiger partial charge in [-0.1, -0.05) is 12.1 Å². The van der Waals surface area contributed by atoms with Crippen LogP contribution in [0.1, 0.15) is 6.92 Å². The van der Waals surface area contributed by atoms with Gasteiger partial charge in [0.25, 0.3) is 0 Å². The summed E-state index contributed by atoms with van der Waals surface area (Å²) in [5.74, 6) is -2.45. The maximum atomic E-state index is 12.2. The van der Waals surface area contributed by atoms with Gasteiger partial charge in [0, 0.05) is 0 Å². The Balaban J connectivity index is 1.97. The molecule has 0 saturated carbocycles. The largest absolute Gasteiger partial charge is 0.548 e. The lowest BCUT2D eigenvalue weighted by atomic mass is 10.2. The zero-order chi connectivity index (χ0) is 17.0. The van der Waals surface area contributed by atoms with Gasteiger partial charge in [-0.3, -0.25) is 14.5 Å². The number of carbonyl (C=O) groups is 4. The normalized spacial score (nSPS) is 14.3. The van der Waals surface area contributed by atoms with Crippen LogP contribution in [0.15, 0.2) is 24.3 Å². The van der Waals surface area contributed by atoms with E-state index in [0.29, 0.717) is 11.4 Å². The second-order valence-corrected chi connectivity index (χ2v) is 4.92. The van der Waals surface area contributed by atoms with E-state index in [4.69, 9.17) is 0 Å². The number of aliphatic carboxylic acids is 1. The minimum absolute atomic E-state index is 0.181. The van der Waals surface area contributed by atoms with Crippen LogP contribution in [0.25, 0.3) is 0 Å². The number of urea groups is 1. The molecule has 9 heteroatoms. The highest BCUT2D eigenvalue weighted by atomic mass is 16.4. The molecule has 0 fully saturated rings. The molecule has 2 rings (SSSR count). The highest BCUT2D eigenvalue weighted by Gasteiger charge is 2.26. The molecule has 1 aromatic rings. The summed E-state index contributed by atoms with van der Waals surface area (Å²) < 4.78 is 0. The van der Waals surface area contributed by atoms with Crippen molar-refractivity contribution < 1.29 is 24.3 Å². The average molecular weight is 319 g/mol. The number of carboxylic acids is 1. The van der Waals surface area contributed by atoms with Gasteiger partial charge in [-0.2, -0.15) is 0 Å². The molecule has 3 N–H and O–H groups in total. The highest BCUT2D eigenvalue weighted by molar-refractivity contribution is 6.09. The zero-order valence-corrected chi connectivity index (χ0v) is 12.3.